The van der Waals surface area contributed by atoms with Crippen molar-refractivity contribution in [2.45, 2.75) is 26.8 Å². The van der Waals surface area contributed by atoms with Crippen molar-refractivity contribution in [3.05, 3.63) is 40.7 Å². The van der Waals surface area contributed by atoms with E-state index in [0.29, 0.717) is 42.6 Å². The maximum Gasteiger partial charge on any atom is 0.338 e. The lowest BCUT2D eigenvalue weighted by molar-refractivity contribution is 0.0473. The van der Waals surface area contributed by atoms with Gasteiger partial charge in [-0.15, -0.1) is 0 Å². The molecule has 0 radical (unpaired) electrons. The Kier molecular flexibility index (Phi) is 6.99. The van der Waals surface area contributed by atoms with Gasteiger partial charge in [-0.1, -0.05) is 0 Å². The predicted octanol–water partition coefficient (Wildman–Crippen LogP) is 2.96. The summed E-state index contributed by atoms with van der Waals surface area (Å²) in [4.78, 5) is 25.2. The minimum absolute atomic E-state index is 0.230. The van der Waals surface area contributed by atoms with Gasteiger partial charge in [-0.25, -0.2) is 4.79 Å². The predicted molar refractivity (Wildman–Crippen MR) is 109 cm³/mol. The number of hydrogen-bond acceptors (Lipinski definition) is 7. The third-order valence-electron chi connectivity index (χ3n) is 5.00. The number of carbonyl (C=O) groups excluding carboxylic acids is 2. The summed E-state index contributed by atoms with van der Waals surface area (Å²) in [7, 11) is 3.14. The van der Waals surface area contributed by atoms with Gasteiger partial charge in [-0.05, 0) is 38.5 Å². The Balaban J connectivity index is 1.68. The van der Waals surface area contributed by atoms with Crippen molar-refractivity contribution in [1.82, 2.24) is 4.57 Å². The Morgan fingerprint density at radius 3 is 2.60 bits per heavy atom. The topological polar surface area (TPSA) is 85.2 Å². The molecule has 1 aliphatic rings. The highest BCUT2D eigenvalue weighted by molar-refractivity contribution is 6.00. The van der Waals surface area contributed by atoms with Crippen LogP contribution in [0.1, 0.15) is 38.5 Å². The lowest BCUT2D eigenvalue weighted by atomic mass is 10.1. The normalized spacial score (nSPS) is 12.5. The van der Waals surface area contributed by atoms with E-state index in [-0.39, 0.29) is 18.0 Å². The maximum absolute atomic E-state index is 12.7. The molecule has 2 heterocycles. The van der Waals surface area contributed by atoms with Crippen molar-refractivity contribution in [2.24, 2.45) is 0 Å². The molecule has 0 aliphatic carbocycles. The van der Waals surface area contributed by atoms with Gasteiger partial charge in [0.2, 0.25) is 11.5 Å². The van der Waals surface area contributed by atoms with Crippen LogP contribution >= 0.6 is 0 Å². The Morgan fingerprint density at radius 2 is 1.87 bits per heavy atom. The van der Waals surface area contributed by atoms with Crippen LogP contribution in [0, 0.1) is 13.8 Å². The van der Waals surface area contributed by atoms with Crippen LogP contribution in [0.5, 0.6) is 17.2 Å². The van der Waals surface area contributed by atoms with Crippen LogP contribution in [0.3, 0.4) is 0 Å². The molecule has 3 rings (SSSR count). The summed E-state index contributed by atoms with van der Waals surface area (Å²) in [5.74, 6) is 0.368. The molecule has 0 saturated carbocycles. The van der Waals surface area contributed by atoms with E-state index in [2.05, 4.69) is 4.57 Å². The number of esters is 1. The molecule has 0 amide bonds. The number of nitrogens with zero attached hydrogens (tertiary/aromatic N) is 1. The van der Waals surface area contributed by atoms with E-state index in [1.54, 1.807) is 7.11 Å². The highest BCUT2D eigenvalue weighted by atomic mass is 16.6. The summed E-state index contributed by atoms with van der Waals surface area (Å²) >= 11 is 0. The van der Waals surface area contributed by atoms with E-state index in [9.17, 15) is 9.59 Å². The molecule has 1 aromatic carbocycles. The lowest BCUT2D eigenvalue weighted by Gasteiger charge is -2.21. The summed E-state index contributed by atoms with van der Waals surface area (Å²) in [5, 5.41) is 0. The largest absolute Gasteiger partial charge is 0.493 e. The van der Waals surface area contributed by atoms with Crippen LogP contribution in [0.2, 0.25) is 0 Å². The zero-order valence-electron chi connectivity index (χ0n) is 17.8. The zero-order valence-corrected chi connectivity index (χ0v) is 17.8. The third-order valence-corrected chi connectivity index (χ3v) is 5.00. The van der Waals surface area contributed by atoms with Crippen molar-refractivity contribution in [3.63, 3.8) is 0 Å². The number of fused-ring (bicyclic) bond motifs is 1. The molecule has 30 heavy (non-hydrogen) atoms. The third kappa shape index (κ3) is 4.59. The van der Waals surface area contributed by atoms with Gasteiger partial charge in [0.15, 0.2) is 18.1 Å². The number of ketones is 1. The number of aryl methyl sites for hydroxylation is 1. The molecule has 2 aromatic rings. The molecule has 0 fully saturated rings. The molecule has 1 aliphatic heterocycles. The fourth-order valence-electron chi connectivity index (χ4n) is 3.48. The Labute approximate surface area is 175 Å². The number of rotatable bonds is 9. The second kappa shape index (κ2) is 9.67. The zero-order chi connectivity index (χ0) is 21.7. The van der Waals surface area contributed by atoms with Crippen LogP contribution in [0.25, 0.3) is 0 Å². The second-order valence-electron chi connectivity index (χ2n) is 6.98. The molecule has 162 valence electrons. The molecule has 0 spiro atoms. The Hall–Kier alpha value is -3.00. The molecule has 0 atom stereocenters. The van der Waals surface area contributed by atoms with Gasteiger partial charge in [0.05, 0.1) is 12.7 Å². The second-order valence-corrected chi connectivity index (χ2v) is 6.98. The standard InChI is InChI=1S/C22H27NO7/c1-14-10-17(15(2)23(14)6-5-7-26-3)18(24)13-30-22(25)16-11-19(27-4)21-20(12-16)28-8-9-29-21/h10-12H,5-9,13H2,1-4H3. The molecule has 8 nitrogen and oxygen atoms in total. The summed E-state index contributed by atoms with van der Waals surface area (Å²) in [6.07, 6.45) is 0.849. The van der Waals surface area contributed by atoms with E-state index < -0.39 is 5.97 Å². The highest BCUT2D eigenvalue weighted by Gasteiger charge is 2.23. The number of benzene rings is 1. The average Bonchev–Trinajstić information content (AvgIpc) is 3.04. The number of hydrogen-bond donors (Lipinski definition) is 0. The van der Waals surface area contributed by atoms with Crippen LogP contribution in [0.4, 0.5) is 0 Å². The van der Waals surface area contributed by atoms with Gasteiger partial charge >= 0.3 is 5.97 Å². The highest BCUT2D eigenvalue weighted by Crippen LogP contribution is 2.40. The lowest BCUT2D eigenvalue weighted by Crippen LogP contribution is -2.18. The first-order valence-electron chi connectivity index (χ1n) is 9.79. The van der Waals surface area contributed by atoms with E-state index in [1.165, 1.54) is 19.2 Å². The maximum atomic E-state index is 12.7. The molecule has 8 heteroatoms. The SMILES string of the molecule is COCCCn1c(C)cc(C(=O)COC(=O)c2cc(OC)c3c(c2)OCCO3)c1C. The van der Waals surface area contributed by atoms with E-state index >= 15 is 0 Å². The number of ether oxygens (including phenoxy) is 5. The summed E-state index contributed by atoms with van der Waals surface area (Å²) in [6.45, 7) is 5.69. The Morgan fingerprint density at radius 1 is 1.10 bits per heavy atom. The number of methoxy groups -OCH3 is 2. The van der Waals surface area contributed by atoms with Crippen LogP contribution in [-0.4, -0.2) is 57.0 Å². The van der Waals surface area contributed by atoms with Crippen molar-refractivity contribution in [1.29, 1.82) is 0 Å². The summed E-state index contributed by atoms with van der Waals surface area (Å²) in [5.41, 5.74) is 2.62. The molecule has 0 saturated heterocycles. The van der Waals surface area contributed by atoms with Crippen molar-refractivity contribution in [2.75, 3.05) is 40.6 Å². The summed E-state index contributed by atoms with van der Waals surface area (Å²) in [6, 6.07) is 4.87. The quantitative estimate of drug-likeness (QED) is 0.352. The first-order chi connectivity index (χ1) is 14.5. The van der Waals surface area contributed by atoms with Gasteiger partial charge < -0.3 is 28.3 Å². The number of carbonyl (C=O) groups is 2. The number of aromatic nitrogens is 1. The fourth-order valence-corrected chi connectivity index (χ4v) is 3.48. The molecule has 0 N–H and O–H groups in total. The van der Waals surface area contributed by atoms with E-state index in [0.717, 1.165) is 24.4 Å². The first kappa shape index (κ1) is 21.7. The van der Waals surface area contributed by atoms with Gasteiger partial charge in [0.25, 0.3) is 0 Å². The minimum atomic E-state index is -0.632. The molecular formula is C22H27NO7. The van der Waals surface area contributed by atoms with Gasteiger partial charge in [0, 0.05) is 37.2 Å². The van der Waals surface area contributed by atoms with Gasteiger partial charge in [-0.2, -0.15) is 0 Å². The molecular weight excluding hydrogens is 390 g/mol. The Bertz CT molecular complexity index is 915. The minimum Gasteiger partial charge on any atom is -0.493 e. The number of Topliss-reactive ketones (excluding diaryl/α,β-unsaturated/α-hetero) is 1. The van der Waals surface area contributed by atoms with Crippen LogP contribution in [-0.2, 0) is 16.0 Å². The molecule has 0 bridgehead atoms. The van der Waals surface area contributed by atoms with Crippen molar-refractivity contribution in [3.8, 4) is 17.2 Å². The van der Waals surface area contributed by atoms with Gasteiger partial charge in [0.1, 0.15) is 13.2 Å². The average molecular weight is 417 g/mol. The fraction of sp³-hybridized carbons (Fsp3) is 0.455. The van der Waals surface area contributed by atoms with E-state index in [1.807, 2.05) is 19.9 Å². The van der Waals surface area contributed by atoms with Crippen molar-refractivity contribution >= 4 is 11.8 Å². The van der Waals surface area contributed by atoms with E-state index in [4.69, 9.17) is 23.7 Å². The van der Waals surface area contributed by atoms with Crippen LogP contribution < -0.4 is 14.2 Å². The van der Waals surface area contributed by atoms with Gasteiger partial charge in [-0.3, -0.25) is 4.79 Å². The van der Waals surface area contributed by atoms with Crippen molar-refractivity contribution < 1.29 is 33.3 Å². The van der Waals surface area contributed by atoms with Crippen LogP contribution in [0.15, 0.2) is 18.2 Å². The summed E-state index contributed by atoms with van der Waals surface area (Å²) < 4.78 is 28.8. The first-order valence-corrected chi connectivity index (χ1v) is 9.79. The monoisotopic (exact) mass is 417 g/mol. The smallest absolute Gasteiger partial charge is 0.338 e. The molecule has 0 unspecified atom stereocenters. The molecule has 1 aromatic heterocycles.